The van der Waals surface area contributed by atoms with E-state index in [0.29, 0.717) is 13.1 Å². The highest BCUT2D eigenvalue weighted by atomic mass is 16.4. The lowest BCUT2D eigenvalue weighted by Gasteiger charge is -2.29. The maximum absolute atomic E-state index is 11.8. The highest BCUT2D eigenvalue weighted by Gasteiger charge is 2.30. The van der Waals surface area contributed by atoms with E-state index in [1.165, 1.54) is 0 Å². The molecule has 1 aliphatic rings. The van der Waals surface area contributed by atoms with Gasteiger partial charge in [0.25, 0.3) is 0 Å². The SMILES string of the molecule is CCN(CC)C(=O)CNCC1CCCCC1C(=O)O. The van der Waals surface area contributed by atoms with Gasteiger partial charge in [-0.1, -0.05) is 12.8 Å². The van der Waals surface area contributed by atoms with Crippen LogP contribution < -0.4 is 5.32 Å². The van der Waals surface area contributed by atoms with Gasteiger partial charge in [0.15, 0.2) is 0 Å². The van der Waals surface area contributed by atoms with E-state index in [0.717, 1.165) is 38.8 Å². The van der Waals surface area contributed by atoms with E-state index < -0.39 is 5.97 Å². The number of nitrogens with one attached hydrogen (secondary N) is 1. The Morgan fingerprint density at radius 2 is 1.84 bits per heavy atom. The molecule has 1 fully saturated rings. The molecule has 0 radical (unpaired) electrons. The number of amides is 1. The van der Waals surface area contributed by atoms with E-state index in [-0.39, 0.29) is 17.7 Å². The summed E-state index contributed by atoms with van der Waals surface area (Å²) in [4.78, 5) is 24.7. The summed E-state index contributed by atoms with van der Waals surface area (Å²) in [5, 5.41) is 12.3. The summed E-state index contributed by atoms with van der Waals surface area (Å²) in [6.07, 6.45) is 3.82. The van der Waals surface area contributed by atoms with Crippen molar-refractivity contribution in [2.75, 3.05) is 26.2 Å². The van der Waals surface area contributed by atoms with Crippen LogP contribution in [0.3, 0.4) is 0 Å². The summed E-state index contributed by atoms with van der Waals surface area (Å²) < 4.78 is 0. The van der Waals surface area contributed by atoms with Gasteiger partial charge in [-0.05, 0) is 39.2 Å². The minimum Gasteiger partial charge on any atom is -0.481 e. The van der Waals surface area contributed by atoms with E-state index in [2.05, 4.69) is 5.32 Å². The van der Waals surface area contributed by atoms with E-state index in [4.69, 9.17) is 0 Å². The van der Waals surface area contributed by atoms with Crippen molar-refractivity contribution in [1.82, 2.24) is 10.2 Å². The van der Waals surface area contributed by atoms with Gasteiger partial charge in [0.05, 0.1) is 12.5 Å². The summed E-state index contributed by atoms with van der Waals surface area (Å²) in [5.74, 6) is -0.685. The molecule has 5 nitrogen and oxygen atoms in total. The molecule has 110 valence electrons. The second-order valence-corrected chi connectivity index (χ2v) is 5.19. The van der Waals surface area contributed by atoms with Gasteiger partial charge >= 0.3 is 5.97 Å². The van der Waals surface area contributed by atoms with Crippen molar-refractivity contribution >= 4 is 11.9 Å². The monoisotopic (exact) mass is 270 g/mol. The van der Waals surface area contributed by atoms with Gasteiger partial charge in [-0.3, -0.25) is 9.59 Å². The lowest BCUT2D eigenvalue weighted by molar-refractivity contribution is -0.144. The second-order valence-electron chi connectivity index (χ2n) is 5.19. The van der Waals surface area contributed by atoms with Crippen LogP contribution in [0.4, 0.5) is 0 Å². The fourth-order valence-corrected chi connectivity index (χ4v) is 2.83. The molecule has 1 rings (SSSR count). The molecule has 1 amide bonds. The van der Waals surface area contributed by atoms with Gasteiger partial charge in [-0.2, -0.15) is 0 Å². The Balaban J connectivity index is 2.34. The largest absolute Gasteiger partial charge is 0.481 e. The first kappa shape index (κ1) is 16.0. The molecule has 0 aromatic carbocycles. The smallest absolute Gasteiger partial charge is 0.306 e. The fourth-order valence-electron chi connectivity index (χ4n) is 2.83. The maximum Gasteiger partial charge on any atom is 0.306 e. The number of rotatable bonds is 7. The summed E-state index contributed by atoms with van der Waals surface area (Å²) in [6, 6.07) is 0. The van der Waals surface area contributed by atoms with Gasteiger partial charge in [-0.25, -0.2) is 0 Å². The highest BCUT2D eigenvalue weighted by molar-refractivity contribution is 5.78. The number of nitrogens with zero attached hydrogens (tertiary/aromatic N) is 1. The topological polar surface area (TPSA) is 69.6 Å². The van der Waals surface area contributed by atoms with Crippen molar-refractivity contribution in [2.24, 2.45) is 11.8 Å². The number of aliphatic carboxylic acids is 1. The molecule has 1 saturated carbocycles. The third-order valence-corrected chi connectivity index (χ3v) is 4.03. The quantitative estimate of drug-likeness (QED) is 0.732. The Kier molecular flexibility index (Phi) is 6.84. The first-order valence-corrected chi connectivity index (χ1v) is 7.31. The Morgan fingerprint density at radius 1 is 1.21 bits per heavy atom. The highest BCUT2D eigenvalue weighted by Crippen LogP contribution is 2.29. The van der Waals surface area contributed by atoms with Crippen LogP contribution in [0.1, 0.15) is 39.5 Å². The molecule has 2 atom stereocenters. The van der Waals surface area contributed by atoms with Gasteiger partial charge in [0, 0.05) is 13.1 Å². The normalized spacial score (nSPS) is 23.1. The summed E-state index contributed by atoms with van der Waals surface area (Å²) in [7, 11) is 0. The summed E-state index contributed by atoms with van der Waals surface area (Å²) >= 11 is 0. The minimum atomic E-state index is -0.693. The zero-order valence-electron chi connectivity index (χ0n) is 12.0. The van der Waals surface area contributed by atoms with Crippen LogP contribution in [0.25, 0.3) is 0 Å². The van der Waals surface area contributed by atoms with Gasteiger partial charge in [-0.15, -0.1) is 0 Å². The summed E-state index contributed by atoms with van der Waals surface area (Å²) in [6.45, 7) is 6.30. The Hall–Kier alpha value is -1.10. The van der Waals surface area contributed by atoms with Crippen LogP contribution in [0.15, 0.2) is 0 Å². The van der Waals surface area contributed by atoms with Crippen LogP contribution in [-0.2, 0) is 9.59 Å². The molecule has 0 heterocycles. The zero-order valence-corrected chi connectivity index (χ0v) is 12.0. The van der Waals surface area contributed by atoms with Crippen molar-refractivity contribution in [2.45, 2.75) is 39.5 Å². The maximum atomic E-state index is 11.8. The van der Waals surface area contributed by atoms with E-state index in [1.54, 1.807) is 4.90 Å². The number of hydrogen-bond acceptors (Lipinski definition) is 3. The molecule has 19 heavy (non-hydrogen) atoms. The Morgan fingerprint density at radius 3 is 2.42 bits per heavy atom. The van der Waals surface area contributed by atoms with E-state index >= 15 is 0 Å². The van der Waals surface area contributed by atoms with Gasteiger partial charge in [0.1, 0.15) is 0 Å². The first-order chi connectivity index (χ1) is 9.10. The Bertz CT molecular complexity index is 303. The number of carbonyl (C=O) groups is 2. The van der Waals surface area contributed by atoms with Crippen LogP contribution in [0.5, 0.6) is 0 Å². The lowest BCUT2D eigenvalue weighted by Crippen LogP contribution is -2.41. The number of carboxylic acids is 1. The molecule has 5 heteroatoms. The summed E-state index contributed by atoms with van der Waals surface area (Å²) in [5.41, 5.74) is 0. The molecular weight excluding hydrogens is 244 g/mol. The van der Waals surface area contributed by atoms with Crippen LogP contribution >= 0.6 is 0 Å². The van der Waals surface area contributed by atoms with Crippen molar-refractivity contribution < 1.29 is 14.7 Å². The molecule has 0 bridgehead atoms. The van der Waals surface area contributed by atoms with Crippen molar-refractivity contribution in [3.05, 3.63) is 0 Å². The average molecular weight is 270 g/mol. The zero-order chi connectivity index (χ0) is 14.3. The minimum absolute atomic E-state index is 0.0904. The third kappa shape index (κ3) is 4.82. The number of carboxylic acid groups (broad SMARTS) is 1. The van der Waals surface area contributed by atoms with E-state index in [9.17, 15) is 14.7 Å². The third-order valence-electron chi connectivity index (χ3n) is 4.03. The fraction of sp³-hybridized carbons (Fsp3) is 0.857. The average Bonchev–Trinajstić information content (AvgIpc) is 2.40. The van der Waals surface area contributed by atoms with Crippen LogP contribution in [0.2, 0.25) is 0 Å². The van der Waals surface area contributed by atoms with Gasteiger partial charge in [0.2, 0.25) is 5.91 Å². The lowest BCUT2D eigenvalue weighted by atomic mass is 9.79. The second kappa shape index (κ2) is 8.15. The molecule has 0 aromatic rings. The van der Waals surface area contributed by atoms with Crippen molar-refractivity contribution in [1.29, 1.82) is 0 Å². The molecule has 0 spiro atoms. The van der Waals surface area contributed by atoms with Crippen LogP contribution in [-0.4, -0.2) is 48.1 Å². The molecule has 1 aliphatic carbocycles. The Labute approximate surface area is 115 Å². The number of likely N-dealkylation sites (N-methyl/N-ethyl adjacent to an activating group) is 1. The first-order valence-electron chi connectivity index (χ1n) is 7.31. The van der Waals surface area contributed by atoms with Crippen molar-refractivity contribution in [3.63, 3.8) is 0 Å². The van der Waals surface area contributed by atoms with Crippen molar-refractivity contribution in [3.8, 4) is 0 Å². The number of hydrogen-bond donors (Lipinski definition) is 2. The molecule has 0 saturated heterocycles. The predicted octanol–water partition coefficient (Wildman–Crippen LogP) is 1.34. The molecule has 0 aliphatic heterocycles. The number of carbonyl (C=O) groups excluding carboxylic acids is 1. The van der Waals surface area contributed by atoms with Crippen LogP contribution in [0, 0.1) is 11.8 Å². The van der Waals surface area contributed by atoms with Gasteiger partial charge < -0.3 is 15.3 Å². The molecule has 0 aromatic heterocycles. The molecule has 2 N–H and O–H groups in total. The standard InChI is InChI=1S/C14H26N2O3/c1-3-16(4-2)13(17)10-15-9-11-7-5-6-8-12(11)14(18)19/h11-12,15H,3-10H2,1-2H3,(H,18,19). The van der Waals surface area contributed by atoms with E-state index in [1.807, 2.05) is 13.8 Å². The predicted molar refractivity (Wildman–Crippen MR) is 73.9 cm³/mol. The molecular formula is C14H26N2O3. The molecule has 2 unspecified atom stereocenters.